The van der Waals surface area contributed by atoms with Gasteiger partial charge in [0.1, 0.15) is 18.2 Å². The van der Waals surface area contributed by atoms with E-state index in [1.165, 1.54) is 0 Å². The predicted octanol–water partition coefficient (Wildman–Crippen LogP) is 3.30. The van der Waals surface area contributed by atoms with Crippen LogP contribution in [0.3, 0.4) is 0 Å². The predicted molar refractivity (Wildman–Crippen MR) is 105 cm³/mol. The van der Waals surface area contributed by atoms with Crippen LogP contribution in [0.5, 0.6) is 0 Å². The minimum absolute atomic E-state index is 0.0932. The second kappa shape index (κ2) is 9.73. The van der Waals surface area contributed by atoms with E-state index < -0.39 is 42.0 Å². The molecule has 162 valence electrons. The van der Waals surface area contributed by atoms with Crippen molar-refractivity contribution in [3.05, 3.63) is 92.3 Å². The molecule has 11 heteroatoms. The van der Waals surface area contributed by atoms with Crippen LogP contribution in [0.2, 0.25) is 0 Å². The lowest BCUT2D eigenvalue weighted by Gasteiger charge is -2.47. The Bertz CT molecular complexity index is 926. The quantitative estimate of drug-likeness (QED) is 0.217. The summed E-state index contributed by atoms with van der Waals surface area (Å²) >= 11 is 0. The topological polar surface area (TPSA) is 138 Å². The number of benzene rings is 2. The van der Waals surface area contributed by atoms with E-state index in [-0.39, 0.29) is 13.2 Å². The first kappa shape index (κ1) is 21.0. The monoisotopic (exact) mass is 428 g/mol. The molecule has 2 aromatic carbocycles. The third-order valence-corrected chi connectivity index (χ3v) is 5.04. The van der Waals surface area contributed by atoms with Gasteiger partial charge in [0.2, 0.25) is 6.29 Å². The van der Waals surface area contributed by atoms with Gasteiger partial charge < -0.3 is 18.9 Å². The summed E-state index contributed by atoms with van der Waals surface area (Å²) in [4.78, 5) is 18.4. The summed E-state index contributed by atoms with van der Waals surface area (Å²) in [7, 11) is 0. The summed E-state index contributed by atoms with van der Waals surface area (Å²) in [6.45, 7) is 0.271. The maximum absolute atomic E-state index is 11.0. The summed E-state index contributed by atoms with van der Waals surface area (Å²) < 4.78 is 23.6. The average Bonchev–Trinajstić information content (AvgIpc) is 2.79. The lowest BCUT2D eigenvalue weighted by Crippen LogP contribution is -2.62. The van der Waals surface area contributed by atoms with Gasteiger partial charge in [-0.15, -0.1) is 10.1 Å². The van der Waals surface area contributed by atoms with Crippen molar-refractivity contribution in [3.8, 4) is 0 Å². The molecule has 0 aromatic heterocycles. The van der Waals surface area contributed by atoms with Crippen molar-refractivity contribution < 1.29 is 28.9 Å². The summed E-state index contributed by atoms with van der Waals surface area (Å²) in [6.07, 6.45) is -4.42. The Hall–Kier alpha value is -3.21. The standard InChI is InChI=1S/C20H20N4O7/c21-23-22-16-18(27-11-13-7-3-1-4-8-13)17-15(29-20(16)31-24(25)26)12-28-19(30-17)14-9-5-2-6-10-14/h1-10,15-20H,11-12H2/t15-,16+,17-,18-,19?,20-/m1/s1. The minimum Gasteiger partial charge on any atom is -0.370 e. The smallest absolute Gasteiger partial charge is 0.297 e. The molecule has 0 bridgehead atoms. The van der Waals surface area contributed by atoms with Gasteiger partial charge in [0.25, 0.3) is 5.09 Å². The van der Waals surface area contributed by atoms with Gasteiger partial charge in [0.15, 0.2) is 6.29 Å². The number of nitrogens with zero attached hydrogens (tertiary/aromatic N) is 4. The highest BCUT2D eigenvalue weighted by molar-refractivity contribution is 5.17. The van der Waals surface area contributed by atoms with Crippen LogP contribution in [-0.4, -0.2) is 42.3 Å². The Labute approximate surface area is 177 Å². The van der Waals surface area contributed by atoms with E-state index in [4.69, 9.17) is 24.5 Å². The van der Waals surface area contributed by atoms with Gasteiger partial charge in [-0.05, 0) is 11.1 Å². The van der Waals surface area contributed by atoms with Crippen molar-refractivity contribution >= 4 is 0 Å². The zero-order valence-corrected chi connectivity index (χ0v) is 16.3. The van der Waals surface area contributed by atoms with Crippen molar-refractivity contribution in [1.29, 1.82) is 0 Å². The molecule has 6 atom stereocenters. The minimum atomic E-state index is -1.45. The van der Waals surface area contributed by atoms with Crippen LogP contribution in [0.15, 0.2) is 65.8 Å². The fourth-order valence-electron chi connectivity index (χ4n) is 3.65. The van der Waals surface area contributed by atoms with E-state index in [0.717, 1.165) is 11.1 Å². The molecule has 0 aliphatic carbocycles. The van der Waals surface area contributed by atoms with Crippen LogP contribution in [0.25, 0.3) is 10.4 Å². The number of azide groups is 1. The van der Waals surface area contributed by atoms with E-state index in [9.17, 15) is 10.1 Å². The fraction of sp³-hybridized carbons (Fsp3) is 0.400. The highest BCUT2D eigenvalue weighted by Gasteiger charge is 2.51. The summed E-state index contributed by atoms with van der Waals surface area (Å²) in [5, 5.41) is 13.7. The van der Waals surface area contributed by atoms with Crippen LogP contribution in [-0.2, 0) is 30.4 Å². The second-order valence-electron chi connectivity index (χ2n) is 7.01. The third kappa shape index (κ3) is 4.93. The maximum Gasteiger partial charge on any atom is 0.297 e. The van der Waals surface area contributed by atoms with Crippen LogP contribution in [0, 0.1) is 10.1 Å². The molecule has 0 N–H and O–H groups in total. The SMILES string of the molecule is [N-]=[N+]=N[C@@H]1[C@@H](O[N+](=O)[O-])O[C@@H]2COC(c3ccccc3)O[C@H]2[C@@H]1OCc1ccccc1. The first-order valence-corrected chi connectivity index (χ1v) is 9.64. The Morgan fingerprint density at radius 1 is 1.13 bits per heavy atom. The molecule has 2 heterocycles. The molecule has 4 rings (SSSR count). The normalized spacial score (nSPS) is 29.9. The van der Waals surface area contributed by atoms with Crippen molar-refractivity contribution in [3.63, 3.8) is 0 Å². The van der Waals surface area contributed by atoms with Crippen molar-refractivity contribution in [1.82, 2.24) is 0 Å². The summed E-state index contributed by atoms with van der Waals surface area (Å²) in [5.74, 6) is 0. The molecule has 2 saturated heterocycles. The fourth-order valence-corrected chi connectivity index (χ4v) is 3.65. The molecule has 11 nitrogen and oxygen atoms in total. The first-order valence-electron chi connectivity index (χ1n) is 9.64. The molecular weight excluding hydrogens is 408 g/mol. The van der Waals surface area contributed by atoms with Crippen LogP contribution in [0.1, 0.15) is 17.4 Å². The molecule has 2 aromatic rings. The van der Waals surface area contributed by atoms with Crippen molar-refractivity contribution in [2.45, 2.75) is 43.5 Å². The largest absolute Gasteiger partial charge is 0.370 e. The van der Waals surface area contributed by atoms with Crippen LogP contribution < -0.4 is 0 Å². The molecule has 2 aliphatic rings. The van der Waals surface area contributed by atoms with Gasteiger partial charge in [-0.2, -0.15) is 0 Å². The molecule has 0 spiro atoms. The van der Waals surface area contributed by atoms with Gasteiger partial charge >= 0.3 is 0 Å². The zero-order chi connectivity index (χ0) is 21.6. The number of hydrogen-bond acceptors (Lipinski definition) is 8. The van der Waals surface area contributed by atoms with Gasteiger partial charge in [-0.3, -0.25) is 4.84 Å². The zero-order valence-electron chi connectivity index (χ0n) is 16.3. The lowest BCUT2D eigenvalue weighted by molar-refractivity contribution is -0.784. The molecule has 0 amide bonds. The van der Waals surface area contributed by atoms with Gasteiger partial charge in [0, 0.05) is 10.5 Å². The number of fused-ring (bicyclic) bond motifs is 1. The maximum atomic E-state index is 11.0. The Kier molecular flexibility index (Phi) is 6.60. The number of ether oxygens (including phenoxy) is 4. The van der Waals surface area contributed by atoms with E-state index >= 15 is 0 Å². The Balaban J connectivity index is 1.60. The highest BCUT2D eigenvalue weighted by Crippen LogP contribution is 2.37. The van der Waals surface area contributed by atoms with E-state index in [1.54, 1.807) is 0 Å². The Morgan fingerprint density at radius 2 is 1.84 bits per heavy atom. The molecule has 0 saturated carbocycles. The van der Waals surface area contributed by atoms with Crippen LogP contribution in [0.4, 0.5) is 0 Å². The Morgan fingerprint density at radius 3 is 2.52 bits per heavy atom. The molecule has 1 unspecified atom stereocenters. The molecular formula is C20H20N4O7. The van der Waals surface area contributed by atoms with Crippen LogP contribution >= 0.6 is 0 Å². The lowest BCUT2D eigenvalue weighted by atomic mass is 9.96. The highest BCUT2D eigenvalue weighted by atomic mass is 17.0. The molecule has 0 radical (unpaired) electrons. The average molecular weight is 428 g/mol. The molecule has 2 fully saturated rings. The molecule has 2 aliphatic heterocycles. The van der Waals surface area contributed by atoms with Gasteiger partial charge in [-0.25, -0.2) is 0 Å². The van der Waals surface area contributed by atoms with Gasteiger partial charge in [0.05, 0.1) is 19.3 Å². The van der Waals surface area contributed by atoms with E-state index in [2.05, 4.69) is 14.9 Å². The molecule has 31 heavy (non-hydrogen) atoms. The van der Waals surface area contributed by atoms with Gasteiger partial charge in [-0.1, -0.05) is 65.8 Å². The third-order valence-electron chi connectivity index (χ3n) is 5.04. The van der Waals surface area contributed by atoms with Crippen molar-refractivity contribution in [2.24, 2.45) is 5.11 Å². The summed E-state index contributed by atoms with van der Waals surface area (Å²) in [5.41, 5.74) is 10.7. The van der Waals surface area contributed by atoms with Crippen molar-refractivity contribution in [2.75, 3.05) is 6.61 Å². The second-order valence-corrected chi connectivity index (χ2v) is 7.01. The number of hydrogen-bond donors (Lipinski definition) is 0. The summed E-state index contributed by atoms with van der Waals surface area (Å²) in [6, 6.07) is 17.5. The van der Waals surface area contributed by atoms with E-state index in [1.807, 2.05) is 60.7 Å². The van der Waals surface area contributed by atoms with E-state index in [0.29, 0.717) is 0 Å². The first-order chi connectivity index (χ1) is 15.2. The number of rotatable bonds is 7.